The molecule has 3 unspecified atom stereocenters. The number of ether oxygens (including phenoxy) is 6. The minimum atomic E-state index is -0.932. The number of amides is 1. The summed E-state index contributed by atoms with van der Waals surface area (Å²) in [5.41, 5.74) is 3.84. The number of esters is 1. The van der Waals surface area contributed by atoms with Gasteiger partial charge in [0.1, 0.15) is 30.5 Å². The fraction of sp³-hybridized carbons (Fsp3) is 0.294. The molecule has 1 fully saturated rings. The lowest BCUT2D eigenvalue weighted by Crippen LogP contribution is -2.52. The number of piperidine rings is 1. The van der Waals surface area contributed by atoms with Gasteiger partial charge in [0.05, 0.1) is 58.9 Å². The van der Waals surface area contributed by atoms with Gasteiger partial charge in [0, 0.05) is 47.9 Å². The van der Waals surface area contributed by atoms with Crippen LogP contribution in [0, 0.1) is 26.1 Å². The summed E-state index contributed by atoms with van der Waals surface area (Å²) in [6.45, 7) is 0.839. The zero-order valence-electron chi connectivity index (χ0n) is 37.6. The number of nitrogens with zero attached hydrogens (tertiary/aromatic N) is 3. The van der Waals surface area contributed by atoms with Crippen molar-refractivity contribution in [2.75, 3.05) is 47.1 Å². The Morgan fingerprint density at radius 1 is 0.676 bits per heavy atom. The summed E-state index contributed by atoms with van der Waals surface area (Å²) >= 11 is 0. The largest absolute Gasteiger partial charge is 0.496 e. The number of benzene rings is 6. The predicted molar refractivity (Wildman–Crippen MR) is 247 cm³/mol. The number of hydrogen-bond acceptors (Lipinski definition) is 14. The first kappa shape index (κ1) is 48.2. The van der Waals surface area contributed by atoms with E-state index in [1.807, 2.05) is 84.9 Å². The molecule has 1 aliphatic heterocycles. The Morgan fingerprint density at radius 2 is 1.37 bits per heavy atom. The Kier molecular flexibility index (Phi) is 16.7. The summed E-state index contributed by atoms with van der Waals surface area (Å²) in [6, 6.07) is 39.7. The molecule has 6 aromatic carbocycles. The predicted octanol–water partition coefficient (Wildman–Crippen LogP) is 8.56. The van der Waals surface area contributed by atoms with E-state index in [0.717, 1.165) is 33.2 Å². The van der Waals surface area contributed by atoms with Crippen LogP contribution in [0.25, 0.3) is 10.8 Å². The fourth-order valence-electron chi connectivity index (χ4n) is 8.28. The molecule has 68 heavy (non-hydrogen) atoms. The average Bonchev–Trinajstić information content (AvgIpc) is 3.36. The Bertz CT molecular complexity index is 2660. The van der Waals surface area contributed by atoms with Crippen molar-refractivity contribution in [3.8, 4) is 17.2 Å². The van der Waals surface area contributed by atoms with Crippen LogP contribution < -0.4 is 14.2 Å². The highest BCUT2D eigenvalue weighted by Gasteiger charge is 2.41. The summed E-state index contributed by atoms with van der Waals surface area (Å²) in [5.74, 6) is 0.0620. The third-order valence-electron chi connectivity index (χ3n) is 11.6. The number of likely N-dealkylation sites (tertiary alicyclic amines) is 1. The number of methoxy groups -OCH3 is 2. The van der Waals surface area contributed by atoms with Crippen molar-refractivity contribution in [1.29, 1.82) is 0 Å². The van der Waals surface area contributed by atoms with Crippen LogP contribution in [0.4, 0.5) is 0 Å². The fourth-order valence-corrected chi connectivity index (χ4v) is 8.28. The van der Waals surface area contributed by atoms with Gasteiger partial charge in [0.15, 0.2) is 0 Å². The van der Waals surface area contributed by atoms with Crippen LogP contribution in [-0.2, 0) is 50.3 Å². The summed E-state index contributed by atoms with van der Waals surface area (Å²) < 4.78 is 36.0. The lowest BCUT2D eigenvalue weighted by atomic mass is 9.78. The minimum Gasteiger partial charge on any atom is -0.496 e. The number of rotatable bonds is 23. The molecule has 3 atom stereocenters. The number of para-hydroxylation sites is 1. The van der Waals surface area contributed by atoms with Gasteiger partial charge in [-0.05, 0) is 76.2 Å². The molecule has 0 radical (unpaired) electrons. The van der Waals surface area contributed by atoms with Crippen molar-refractivity contribution in [1.82, 2.24) is 4.90 Å². The maximum Gasteiger partial charge on any atom is 0.338 e. The molecular formula is C51H51N3O14. The van der Waals surface area contributed by atoms with Crippen LogP contribution in [-0.4, -0.2) is 80.2 Å². The van der Waals surface area contributed by atoms with Crippen molar-refractivity contribution >= 4 is 22.6 Å². The molecule has 7 rings (SSSR count). The molecule has 0 bridgehead atoms. The molecule has 17 nitrogen and oxygen atoms in total. The molecule has 1 amide bonds. The molecule has 1 aliphatic rings. The van der Waals surface area contributed by atoms with E-state index >= 15 is 0 Å². The molecule has 0 saturated carbocycles. The second kappa shape index (κ2) is 23.6. The van der Waals surface area contributed by atoms with Gasteiger partial charge in [-0.2, -0.15) is 0 Å². The van der Waals surface area contributed by atoms with E-state index in [0.29, 0.717) is 48.9 Å². The molecule has 354 valence electrons. The summed E-state index contributed by atoms with van der Waals surface area (Å²) in [6.07, 6.45) is -0.00208. The third-order valence-corrected chi connectivity index (χ3v) is 11.6. The van der Waals surface area contributed by atoms with Gasteiger partial charge in [0.2, 0.25) is 0 Å². The lowest BCUT2D eigenvalue weighted by molar-refractivity contribution is -0.763. The summed E-state index contributed by atoms with van der Waals surface area (Å²) in [5, 5.41) is 21.9. The Balaban J connectivity index is 1.14. The van der Waals surface area contributed by atoms with E-state index < -0.39 is 40.7 Å². The highest BCUT2D eigenvalue weighted by Crippen LogP contribution is 2.38. The van der Waals surface area contributed by atoms with Gasteiger partial charge in [0.25, 0.3) is 16.1 Å². The van der Waals surface area contributed by atoms with Crippen molar-refractivity contribution in [2.45, 2.75) is 44.9 Å². The average molecular weight is 930 g/mol. The molecule has 6 aromatic rings. The second-order valence-electron chi connectivity index (χ2n) is 15.9. The quantitative estimate of drug-likeness (QED) is 0.0256. The minimum absolute atomic E-state index is 0.0977. The van der Waals surface area contributed by atoms with Crippen LogP contribution in [0.15, 0.2) is 133 Å². The monoisotopic (exact) mass is 929 g/mol. The van der Waals surface area contributed by atoms with E-state index in [2.05, 4.69) is 9.68 Å². The van der Waals surface area contributed by atoms with Crippen molar-refractivity contribution in [2.24, 2.45) is 5.92 Å². The molecule has 0 N–H and O–H groups in total. The Labute approximate surface area is 392 Å². The van der Waals surface area contributed by atoms with E-state index in [9.17, 15) is 29.8 Å². The van der Waals surface area contributed by atoms with Gasteiger partial charge < -0.3 is 43.0 Å². The van der Waals surface area contributed by atoms with Gasteiger partial charge in [-0.15, -0.1) is 20.2 Å². The zero-order valence-corrected chi connectivity index (χ0v) is 37.6. The van der Waals surface area contributed by atoms with E-state index in [4.69, 9.17) is 28.4 Å². The smallest absolute Gasteiger partial charge is 0.338 e. The Hall–Kier alpha value is -7.76. The molecule has 0 aromatic heterocycles. The maximum absolute atomic E-state index is 14.4. The topological polar surface area (TPSA) is 197 Å². The Morgan fingerprint density at radius 3 is 2.12 bits per heavy atom. The van der Waals surface area contributed by atoms with Crippen LogP contribution in [0.1, 0.15) is 60.9 Å². The molecule has 1 heterocycles. The third kappa shape index (κ3) is 12.8. The molecule has 0 aliphatic carbocycles. The number of carbonyl (C=O) groups is 2. The highest BCUT2D eigenvalue weighted by molar-refractivity contribution is 5.94. The van der Waals surface area contributed by atoms with E-state index in [1.54, 1.807) is 61.6 Å². The normalized spacial score (nSPS) is 15.6. The van der Waals surface area contributed by atoms with Crippen molar-refractivity contribution in [3.63, 3.8) is 0 Å². The first-order valence-electron chi connectivity index (χ1n) is 21.9. The van der Waals surface area contributed by atoms with E-state index in [-0.39, 0.29) is 49.9 Å². The van der Waals surface area contributed by atoms with Crippen molar-refractivity contribution in [3.05, 3.63) is 193 Å². The first-order valence-corrected chi connectivity index (χ1v) is 21.9. The first-order chi connectivity index (χ1) is 33.1. The van der Waals surface area contributed by atoms with Crippen LogP contribution in [0.2, 0.25) is 0 Å². The van der Waals surface area contributed by atoms with Crippen LogP contribution in [0.5, 0.6) is 17.2 Å². The van der Waals surface area contributed by atoms with Crippen LogP contribution >= 0.6 is 0 Å². The summed E-state index contributed by atoms with van der Waals surface area (Å²) in [4.78, 5) is 60.7. The standard InChI is InChI=1S/C51H51N3O14/c1-61-46-15-8-5-12-41(46)32-63-24-9-25-64-43-22-20-37(21-23-43)49-42(33-66-51(56)45-14-7-4-11-40(45)34-68-54(59)60)28-52(50(55)38-18-16-35(17-19-38)31-67-53(57)58)29-48(49)65-30-36-26-39-10-3-6-13-44(39)47(27-36)62-2/h3-8,10-23,26-27,42,48-49H,9,24-25,28-34H2,1-2H3. The number of hydrogen-bond donors (Lipinski definition) is 0. The molecule has 0 spiro atoms. The highest BCUT2D eigenvalue weighted by atomic mass is 17.0. The van der Waals surface area contributed by atoms with Gasteiger partial charge in [-0.25, -0.2) is 4.79 Å². The number of carbonyl (C=O) groups excluding carboxylic acids is 2. The zero-order chi connectivity index (χ0) is 47.8. The molecule has 1 saturated heterocycles. The lowest BCUT2D eigenvalue weighted by Gasteiger charge is -2.44. The number of fused-ring (bicyclic) bond motifs is 1. The SMILES string of the molecule is COc1ccccc1COCCCOc1ccc(C2C(COC(=O)c3ccccc3CO[N+](=O)[O-])CN(C(=O)c3ccc(CO[N+](=O)[O-])cc3)CC2OCc2cc(OC)c3ccccc3c2)cc1. The van der Waals surface area contributed by atoms with E-state index in [1.165, 1.54) is 6.07 Å². The van der Waals surface area contributed by atoms with Crippen molar-refractivity contribution < 1.29 is 57.9 Å². The summed E-state index contributed by atoms with van der Waals surface area (Å²) in [7, 11) is 3.24. The van der Waals surface area contributed by atoms with Gasteiger partial charge in [-0.3, -0.25) is 4.79 Å². The van der Waals surface area contributed by atoms with Gasteiger partial charge >= 0.3 is 5.97 Å². The van der Waals surface area contributed by atoms with Gasteiger partial charge in [-0.1, -0.05) is 84.9 Å². The maximum atomic E-state index is 14.4. The second-order valence-corrected chi connectivity index (χ2v) is 15.9. The molecule has 17 heteroatoms. The molecular weight excluding hydrogens is 879 g/mol. The van der Waals surface area contributed by atoms with Crippen LogP contribution in [0.3, 0.4) is 0 Å².